The molecule has 1 aromatic carbocycles. The van der Waals surface area contributed by atoms with Gasteiger partial charge in [0.25, 0.3) is 0 Å². The van der Waals surface area contributed by atoms with Crippen LogP contribution in [0.2, 0.25) is 0 Å². The highest BCUT2D eigenvalue weighted by Gasteiger charge is 2.38. The third-order valence-electron chi connectivity index (χ3n) is 5.58. The van der Waals surface area contributed by atoms with Gasteiger partial charge in [-0.25, -0.2) is 4.79 Å². The zero-order valence-corrected chi connectivity index (χ0v) is 24.7. The first-order valence-electron chi connectivity index (χ1n) is 13.1. The van der Waals surface area contributed by atoms with Gasteiger partial charge in [0, 0.05) is 23.4 Å². The molecule has 1 aromatic rings. The fraction of sp³-hybridized carbons (Fsp3) is 0.679. The average molecular weight is 538 g/mol. The van der Waals surface area contributed by atoms with E-state index in [2.05, 4.69) is 30.2 Å². The van der Waals surface area contributed by atoms with Gasteiger partial charge in [0.2, 0.25) is 11.8 Å². The number of aryl methyl sites for hydroxylation is 1. The van der Waals surface area contributed by atoms with Crippen molar-refractivity contribution in [3.8, 4) is 5.75 Å². The maximum Gasteiger partial charge on any atom is 0.408 e. The van der Waals surface area contributed by atoms with Crippen LogP contribution in [0.1, 0.15) is 97.7 Å². The Kier molecular flexibility index (Phi) is 12.8. The minimum atomic E-state index is -1.10. The van der Waals surface area contributed by atoms with Gasteiger partial charge >= 0.3 is 6.09 Å². The predicted molar refractivity (Wildman–Crippen MR) is 151 cm³/mol. The number of nitrogens with one attached hydrogen (secondary N) is 2. The zero-order chi connectivity index (χ0) is 28.4. The highest BCUT2D eigenvalue weighted by molar-refractivity contribution is 7.80. The van der Waals surface area contributed by atoms with Crippen molar-refractivity contribution in [2.75, 3.05) is 12.3 Å². The number of para-hydroxylation sites is 1. The summed E-state index contributed by atoms with van der Waals surface area (Å²) < 4.78 is 5.34. The van der Waals surface area contributed by atoms with Gasteiger partial charge in [-0.1, -0.05) is 50.8 Å². The fourth-order valence-corrected chi connectivity index (χ4v) is 4.13. The first-order chi connectivity index (χ1) is 17.1. The molecule has 0 aromatic heterocycles. The van der Waals surface area contributed by atoms with E-state index in [0.29, 0.717) is 17.5 Å². The van der Waals surface area contributed by atoms with E-state index in [4.69, 9.17) is 4.74 Å². The van der Waals surface area contributed by atoms with Crippen LogP contribution in [0.15, 0.2) is 18.2 Å². The number of rotatable bonds is 12. The molecule has 1 rings (SSSR count). The van der Waals surface area contributed by atoms with Crippen molar-refractivity contribution in [1.82, 2.24) is 15.5 Å². The van der Waals surface area contributed by atoms with Crippen molar-refractivity contribution >= 4 is 30.5 Å². The molecule has 0 radical (unpaired) electrons. The van der Waals surface area contributed by atoms with Crippen molar-refractivity contribution in [2.45, 2.75) is 111 Å². The summed E-state index contributed by atoms with van der Waals surface area (Å²) in [6.45, 7) is 14.9. The topological polar surface area (TPSA) is 108 Å². The summed E-state index contributed by atoms with van der Waals surface area (Å²) in [5.74, 6) is -0.905. The van der Waals surface area contributed by atoms with Gasteiger partial charge in [-0.05, 0) is 60.5 Å². The summed E-state index contributed by atoms with van der Waals surface area (Å²) in [5, 5.41) is 16.5. The summed E-state index contributed by atoms with van der Waals surface area (Å²) >= 11 is 4.32. The third kappa shape index (κ3) is 11.2. The number of thiol groups is 1. The number of phenols is 1. The molecular weight excluding hydrogens is 490 g/mol. The molecule has 37 heavy (non-hydrogen) atoms. The molecule has 3 amide bonds. The minimum Gasteiger partial charge on any atom is -0.507 e. The minimum absolute atomic E-state index is 0.0117. The van der Waals surface area contributed by atoms with E-state index in [9.17, 15) is 19.5 Å². The number of unbranched alkanes of at least 4 members (excludes halogenated alkanes) is 4. The first-order valence-corrected chi connectivity index (χ1v) is 13.8. The van der Waals surface area contributed by atoms with Crippen LogP contribution in [0.4, 0.5) is 4.79 Å². The van der Waals surface area contributed by atoms with Gasteiger partial charge < -0.3 is 25.4 Å². The van der Waals surface area contributed by atoms with E-state index in [0.717, 1.165) is 25.7 Å². The number of ether oxygens (including phenoxy) is 1. The molecule has 2 atom stereocenters. The smallest absolute Gasteiger partial charge is 0.408 e. The number of hydrogen-bond acceptors (Lipinski definition) is 6. The molecule has 0 fully saturated rings. The second-order valence-corrected chi connectivity index (χ2v) is 11.8. The third-order valence-corrected chi connectivity index (χ3v) is 5.94. The van der Waals surface area contributed by atoms with Gasteiger partial charge in [0.05, 0.1) is 0 Å². The summed E-state index contributed by atoms with van der Waals surface area (Å²) in [5.41, 5.74) is -0.379. The second-order valence-electron chi connectivity index (χ2n) is 11.5. The summed E-state index contributed by atoms with van der Waals surface area (Å²) in [6, 6.07) is 3.03. The maximum absolute atomic E-state index is 13.9. The molecule has 9 heteroatoms. The van der Waals surface area contributed by atoms with Gasteiger partial charge in [0.15, 0.2) is 0 Å². The van der Waals surface area contributed by atoms with Crippen LogP contribution in [0, 0.1) is 6.92 Å². The van der Waals surface area contributed by atoms with Crippen LogP contribution >= 0.6 is 12.6 Å². The number of hydrogen-bond donors (Lipinski definition) is 4. The van der Waals surface area contributed by atoms with Crippen molar-refractivity contribution < 1.29 is 24.2 Å². The van der Waals surface area contributed by atoms with Crippen LogP contribution in [-0.4, -0.2) is 57.4 Å². The molecule has 3 N–H and O–H groups in total. The Bertz CT molecular complexity index is 908. The number of nitrogens with zero attached hydrogens (tertiary/aromatic N) is 1. The van der Waals surface area contributed by atoms with Gasteiger partial charge in [-0.3, -0.25) is 9.59 Å². The highest BCUT2D eigenvalue weighted by Crippen LogP contribution is 2.33. The number of carbonyl (C=O) groups is 3. The first kappa shape index (κ1) is 32.6. The normalized spacial score (nSPS) is 13.4. The summed E-state index contributed by atoms with van der Waals surface area (Å²) in [6.07, 6.45) is 3.99. The van der Waals surface area contributed by atoms with E-state index >= 15 is 0 Å². The molecule has 0 aliphatic rings. The Hall–Kier alpha value is -2.42. The van der Waals surface area contributed by atoms with E-state index in [-0.39, 0.29) is 18.0 Å². The molecule has 0 saturated carbocycles. The monoisotopic (exact) mass is 537 g/mol. The van der Waals surface area contributed by atoms with E-state index < -0.39 is 41.1 Å². The molecule has 210 valence electrons. The number of alkyl carbamates (subject to hydrolysis) is 1. The number of carbonyl (C=O) groups excluding carboxylic acids is 3. The quantitative estimate of drug-likeness (QED) is 0.214. The standard InChI is InChI=1S/C28H47N3O5S/c1-9-10-11-12-13-17-31(25(34)21(18-37)29-26(35)36-28(6,7)8)22(24(33)30-27(3,4)5)20-16-14-15-19(2)23(20)32/h14-16,21-22,32,37H,9-13,17-18H2,1-8H3,(H,29,35)(H,30,33). The molecule has 2 unspecified atom stereocenters. The average Bonchev–Trinajstić information content (AvgIpc) is 2.76. The van der Waals surface area contributed by atoms with Crippen LogP contribution in [0.3, 0.4) is 0 Å². The van der Waals surface area contributed by atoms with Gasteiger partial charge in [-0.15, -0.1) is 0 Å². The Morgan fingerprint density at radius 1 is 1.05 bits per heavy atom. The molecule has 0 aliphatic carbocycles. The lowest BCUT2D eigenvalue weighted by Gasteiger charge is -2.36. The molecule has 0 heterocycles. The SMILES string of the molecule is CCCCCCCN(C(=O)C(CS)NC(=O)OC(C)(C)C)C(C(=O)NC(C)(C)C)c1cccc(C)c1O. The Morgan fingerprint density at radius 2 is 1.68 bits per heavy atom. The van der Waals surface area contributed by atoms with Crippen molar-refractivity contribution in [1.29, 1.82) is 0 Å². The van der Waals surface area contributed by atoms with Crippen LogP contribution in [0.25, 0.3) is 0 Å². The fourth-order valence-electron chi connectivity index (χ4n) is 3.88. The number of benzene rings is 1. The van der Waals surface area contributed by atoms with Crippen LogP contribution in [0.5, 0.6) is 5.75 Å². The van der Waals surface area contributed by atoms with E-state index in [1.807, 2.05) is 20.8 Å². The molecule has 8 nitrogen and oxygen atoms in total. The molecule has 0 spiro atoms. The second kappa shape index (κ2) is 14.5. The molecule has 0 saturated heterocycles. The van der Waals surface area contributed by atoms with E-state index in [1.54, 1.807) is 45.9 Å². The number of aromatic hydroxyl groups is 1. The van der Waals surface area contributed by atoms with E-state index in [1.165, 1.54) is 4.90 Å². The predicted octanol–water partition coefficient (Wildman–Crippen LogP) is 5.28. The van der Waals surface area contributed by atoms with Crippen LogP contribution in [-0.2, 0) is 14.3 Å². The lowest BCUT2D eigenvalue weighted by molar-refractivity contribution is -0.142. The molecule has 0 aliphatic heterocycles. The number of amides is 3. The molecule has 0 bridgehead atoms. The van der Waals surface area contributed by atoms with Crippen molar-refractivity contribution in [3.05, 3.63) is 29.3 Å². The zero-order valence-electron chi connectivity index (χ0n) is 23.8. The molecular formula is C28H47N3O5S. The Labute approximate surface area is 228 Å². The van der Waals surface area contributed by atoms with Gasteiger partial charge in [-0.2, -0.15) is 12.6 Å². The van der Waals surface area contributed by atoms with Crippen molar-refractivity contribution in [3.63, 3.8) is 0 Å². The lowest BCUT2D eigenvalue weighted by atomic mass is 9.97. The summed E-state index contributed by atoms with van der Waals surface area (Å²) in [4.78, 5) is 41.5. The van der Waals surface area contributed by atoms with Crippen molar-refractivity contribution in [2.24, 2.45) is 0 Å². The highest BCUT2D eigenvalue weighted by atomic mass is 32.1. The maximum atomic E-state index is 13.9. The summed E-state index contributed by atoms with van der Waals surface area (Å²) in [7, 11) is 0. The Balaban J connectivity index is 3.48. The largest absolute Gasteiger partial charge is 0.507 e. The van der Waals surface area contributed by atoms with Gasteiger partial charge in [0.1, 0.15) is 23.4 Å². The lowest BCUT2D eigenvalue weighted by Crippen LogP contribution is -2.55. The Morgan fingerprint density at radius 3 is 2.22 bits per heavy atom. The number of phenolic OH excluding ortho intramolecular Hbond substituents is 1. The van der Waals surface area contributed by atoms with Crippen LogP contribution < -0.4 is 10.6 Å².